The quantitative estimate of drug-likeness (QED) is 0.857. The summed E-state index contributed by atoms with van der Waals surface area (Å²) >= 11 is 0. The lowest BCUT2D eigenvalue weighted by atomic mass is 9.96. The molecule has 0 bridgehead atoms. The molecule has 6 nitrogen and oxygen atoms in total. The zero-order valence-electron chi connectivity index (χ0n) is 12.8. The van der Waals surface area contributed by atoms with Crippen molar-refractivity contribution in [3.63, 3.8) is 0 Å². The number of furan rings is 1. The lowest BCUT2D eigenvalue weighted by Gasteiger charge is -2.38. The molecule has 1 aromatic heterocycles. The molecule has 1 aliphatic heterocycles. The van der Waals surface area contributed by atoms with Crippen molar-refractivity contribution in [3.8, 4) is 0 Å². The van der Waals surface area contributed by atoms with E-state index < -0.39 is 0 Å². The fraction of sp³-hybridized carbons (Fsp3) is 0.600. The molecule has 2 atom stereocenters. The molecule has 7 heteroatoms. The number of carbonyl (C=O) groups excluding carboxylic acids is 2. The van der Waals surface area contributed by atoms with Gasteiger partial charge in [-0.2, -0.15) is 0 Å². The lowest BCUT2D eigenvalue weighted by molar-refractivity contribution is -0.135. The van der Waals surface area contributed by atoms with Crippen LogP contribution in [0.25, 0.3) is 0 Å². The molecule has 1 saturated heterocycles. The zero-order chi connectivity index (χ0) is 15.2. The second kappa shape index (κ2) is 8.80. The van der Waals surface area contributed by atoms with E-state index in [-0.39, 0.29) is 48.5 Å². The molecule has 2 unspecified atom stereocenters. The number of nitrogens with two attached hydrogens (primary N) is 1. The highest BCUT2D eigenvalue weighted by Crippen LogP contribution is 2.19. The second-order valence-electron chi connectivity index (χ2n) is 5.49. The Bertz CT molecular complexity index is 476. The van der Waals surface area contributed by atoms with Gasteiger partial charge in [-0.25, -0.2) is 0 Å². The Balaban J connectivity index is 0.00000242. The van der Waals surface area contributed by atoms with Gasteiger partial charge in [0.2, 0.25) is 5.91 Å². The third kappa shape index (κ3) is 4.74. The molecular formula is C15H24ClN3O3. The monoisotopic (exact) mass is 329 g/mol. The highest BCUT2D eigenvalue weighted by atomic mass is 35.5. The number of likely N-dealkylation sites (tertiary alicyclic amines) is 1. The molecule has 0 saturated carbocycles. The summed E-state index contributed by atoms with van der Waals surface area (Å²) in [7, 11) is 0. The highest BCUT2D eigenvalue weighted by molar-refractivity contribution is 5.91. The van der Waals surface area contributed by atoms with Gasteiger partial charge in [-0.3, -0.25) is 9.59 Å². The summed E-state index contributed by atoms with van der Waals surface area (Å²) in [5, 5.41) is 2.69. The minimum atomic E-state index is -0.296. The van der Waals surface area contributed by atoms with E-state index >= 15 is 0 Å². The van der Waals surface area contributed by atoms with Crippen molar-refractivity contribution in [1.82, 2.24) is 10.2 Å². The fourth-order valence-corrected chi connectivity index (χ4v) is 2.74. The van der Waals surface area contributed by atoms with E-state index in [1.54, 1.807) is 12.1 Å². The standard InChI is InChI=1S/C15H23N3O3.ClH/c1-11(16)12-5-2-3-9-18(12)14(19)7-8-17-15(20)13-6-4-10-21-13;/h4,6,10-12H,2-3,5,7-9,16H2,1H3,(H,17,20);1H. The number of carbonyl (C=O) groups is 2. The minimum Gasteiger partial charge on any atom is -0.459 e. The van der Waals surface area contributed by atoms with Gasteiger partial charge in [0.05, 0.1) is 6.26 Å². The normalized spacial score (nSPS) is 19.2. The topological polar surface area (TPSA) is 88.6 Å². The number of amides is 2. The van der Waals surface area contributed by atoms with Crippen LogP contribution in [0, 0.1) is 0 Å². The van der Waals surface area contributed by atoms with E-state index in [2.05, 4.69) is 5.32 Å². The molecular weight excluding hydrogens is 306 g/mol. The Hall–Kier alpha value is -1.53. The molecule has 0 aromatic carbocycles. The van der Waals surface area contributed by atoms with E-state index in [4.69, 9.17) is 10.2 Å². The van der Waals surface area contributed by atoms with E-state index in [1.165, 1.54) is 6.26 Å². The third-order valence-corrected chi connectivity index (χ3v) is 3.85. The Morgan fingerprint density at radius 1 is 1.50 bits per heavy atom. The minimum absolute atomic E-state index is 0. The molecule has 3 N–H and O–H groups in total. The van der Waals surface area contributed by atoms with Crippen LogP contribution in [0.4, 0.5) is 0 Å². The summed E-state index contributed by atoms with van der Waals surface area (Å²) < 4.78 is 4.99. The smallest absolute Gasteiger partial charge is 0.286 e. The van der Waals surface area contributed by atoms with Gasteiger partial charge >= 0.3 is 0 Å². The molecule has 1 fully saturated rings. The van der Waals surface area contributed by atoms with Crippen LogP contribution in [0.3, 0.4) is 0 Å². The predicted octanol–water partition coefficient (Wildman–Crippen LogP) is 1.55. The number of halogens is 1. The Labute approximate surface area is 136 Å². The summed E-state index contributed by atoms with van der Waals surface area (Å²) in [6, 6.07) is 3.34. The van der Waals surface area contributed by atoms with Gasteiger partial charge < -0.3 is 20.4 Å². The van der Waals surface area contributed by atoms with E-state index in [0.717, 1.165) is 25.8 Å². The fourth-order valence-electron chi connectivity index (χ4n) is 2.74. The first kappa shape index (κ1) is 18.5. The molecule has 0 spiro atoms. The number of hydrogen-bond donors (Lipinski definition) is 2. The maximum absolute atomic E-state index is 12.3. The van der Waals surface area contributed by atoms with Gasteiger partial charge in [-0.05, 0) is 38.3 Å². The van der Waals surface area contributed by atoms with Gasteiger partial charge in [0.15, 0.2) is 5.76 Å². The van der Waals surface area contributed by atoms with Gasteiger partial charge in [-0.1, -0.05) is 0 Å². The van der Waals surface area contributed by atoms with Crippen molar-refractivity contribution >= 4 is 24.2 Å². The number of hydrogen-bond acceptors (Lipinski definition) is 4. The largest absolute Gasteiger partial charge is 0.459 e. The molecule has 0 aliphatic carbocycles. The van der Waals surface area contributed by atoms with Gasteiger partial charge in [-0.15, -0.1) is 12.4 Å². The average molecular weight is 330 g/mol. The van der Waals surface area contributed by atoms with E-state index in [9.17, 15) is 9.59 Å². The van der Waals surface area contributed by atoms with Crippen molar-refractivity contribution in [2.24, 2.45) is 5.73 Å². The molecule has 2 amide bonds. The third-order valence-electron chi connectivity index (χ3n) is 3.85. The summed E-state index contributed by atoms with van der Waals surface area (Å²) in [5.41, 5.74) is 5.96. The number of nitrogens with zero attached hydrogens (tertiary/aromatic N) is 1. The van der Waals surface area contributed by atoms with Crippen molar-refractivity contribution in [3.05, 3.63) is 24.2 Å². The Morgan fingerprint density at radius 3 is 2.91 bits per heavy atom. The Kier molecular flexibility index (Phi) is 7.41. The van der Waals surface area contributed by atoms with Crippen LogP contribution in [0.15, 0.2) is 22.8 Å². The SMILES string of the molecule is CC(N)C1CCCCN1C(=O)CCNC(=O)c1ccco1.Cl. The number of rotatable bonds is 5. The molecule has 2 heterocycles. The van der Waals surface area contributed by atoms with Crippen molar-refractivity contribution in [2.75, 3.05) is 13.1 Å². The van der Waals surface area contributed by atoms with E-state index in [1.807, 2.05) is 11.8 Å². The summed E-state index contributed by atoms with van der Waals surface area (Å²) in [6.45, 7) is 3.01. The second-order valence-corrected chi connectivity index (χ2v) is 5.49. The summed E-state index contributed by atoms with van der Waals surface area (Å²) in [6.07, 6.45) is 4.83. The van der Waals surface area contributed by atoms with Crippen LogP contribution >= 0.6 is 12.4 Å². The average Bonchev–Trinajstić information content (AvgIpc) is 3.01. The van der Waals surface area contributed by atoms with Crippen molar-refractivity contribution in [2.45, 2.75) is 44.7 Å². The molecule has 0 radical (unpaired) electrons. The zero-order valence-corrected chi connectivity index (χ0v) is 13.6. The maximum atomic E-state index is 12.3. The molecule has 124 valence electrons. The van der Waals surface area contributed by atoms with Crippen LogP contribution in [0.1, 0.15) is 43.2 Å². The first-order chi connectivity index (χ1) is 10.1. The van der Waals surface area contributed by atoms with Crippen molar-refractivity contribution in [1.29, 1.82) is 0 Å². The van der Waals surface area contributed by atoms with Gasteiger partial charge in [0, 0.05) is 31.6 Å². The summed E-state index contributed by atoms with van der Waals surface area (Å²) in [4.78, 5) is 25.8. The lowest BCUT2D eigenvalue weighted by Crippen LogP contribution is -2.52. The van der Waals surface area contributed by atoms with Crippen LogP contribution in [0.2, 0.25) is 0 Å². The Morgan fingerprint density at radius 2 is 2.27 bits per heavy atom. The van der Waals surface area contributed by atoms with Gasteiger partial charge in [0.25, 0.3) is 5.91 Å². The molecule has 22 heavy (non-hydrogen) atoms. The van der Waals surface area contributed by atoms with Crippen LogP contribution < -0.4 is 11.1 Å². The maximum Gasteiger partial charge on any atom is 0.286 e. The van der Waals surface area contributed by atoms with E-state index in [0.29, 0.717) is 6.54 Å². The molecule has 1 aromatic rings. The molecule has 1 aliphatic rings. The first-order valence-corrected chi connectivity index (χ1v) is 7.46. The molecule has 2 rings (SSSR count). The van der Waals surface area contributed by atoms with Crippen LogP contribution in [-0.4, -0.2) is 41.9 Å². The summed E-state index contributed by atoms with van der Waals surface area (Å²) in [5.74, 6) is 0.0146. The number of piperidine rings is 1. The predicted molar refractivity (Wildman–Crippen MR) is 85.9 cm³/mol. The highest BCUT2D eigenvalue weighted by Gasteiger charge is 2.28. The van der Waals surface area contributed by atoms with Crippen LogP contribution in [0.5, 0.6) is 0 Å². The van der Waals surface area contributed by atoms with Gasteiger partial charge in [0.1, 0.15) is 0 Å². The first-order valence-electron chi connectivity index (χ1n) is 7.46. The van der Waals surface area contributed by atoms with Crippen molar-refractivity contribution < 1.29 is 14.0 Å². The number of nitrogens with one attached hydrogen (secondary N) is 1. The van der Waals surface area contributed by atoms with Crippen LogP contribution in [-0.2, 0) is 4.79 Å².